The topological polar surface area (TPSA) is 21.3 Å². The molecule has 18 heavy (non-hydrogen) atoms. The van der Waals surface area contributed by atoms with Crippen LogP contribution in [0.4, 0.5) is 23.2 Å². The van der Waals surface area contributed by atoms with Gasteiger partial charge in [0.1, 0.15) is 5.82 Å². The van der Waals surface area contributed by atoms with Gasteiger partial charge >= 0.3 is 6.18 Å². The summed E-state index contributed by atoms with van der Waals surface area (Å²) in [4.78, 5) is 0. The van der Waals surface area contributed by atoms with Crippen LogP contribution in [0.15, 0.2) is 18.2 Å². The Bertz CT molecular complexity index is 392. The predicted octanol–water partition coefficient (Wildman–Crippen LogP) is 3.68. The molecule has 0 heterocycles. The third-order valence-corrected chi connectivity index (χ3v) is 2.33. The molecule has 0 saturated carbocycles. The minimum atomic E-state index is -4.53. The van der Waals surface area contributed by atoms with Crippen LogP contribution in [-0.4, -0.2) is 19.3 Å². The lowest BCUT2D eigenvalue weighted by Gasteiger charge is -2.15. The fourth-order valence-electron chi connectivity index (χ4n) is 1.43. The zero-order chi connectivity index (χ0) is 13.8. The van der Waals surface area contributed by atoms with Crippen molar-refractivity contribution in [3.8, 4) is 0 Å². The zero-order valence-electron chi connectivity index (χ0n) is 10.1. The molecule has 1 N–H and O–H groups in total. The second kappa shape index (κ2) is 6.04. The summed E-state index contributed by atoms with van der Waals surface area (Å²) < 4.78 is 55.6. The molecule has 0 bridgehead atoms. The van der Waals surface area contributed by atoms with Crippen LogP contribution in [0.2, 0.25) is 0 Å². The van der Waals surface area contributed by atoms with Crippen molar-refractivity contribution < 1.29 is 22.3 Å². The van der Waals surface area contributed by atoms with Gasteiger partial charge in [-0.15, -0.1) is 0 Å². The highest BCUT2D eigenvalue weighted by molar-refractivity contribution is 5.46. The van der Waals surface area contributed by atoms with Gasteiger partial charge < -0.3 is 10.1 Å². The van der Waals surface area contributed by atoms with Gasteiger partial charge in [0.2, 0.25) is 0 Å². The summed E-state index contributed by atoms with van der Waals surface area (Å²) in [5.41, 5.74) is -0.960. The van der Waals surface area contributed by atoms with E-state index in [0.717, 1.165) is 12.1 Å². The number of hydrogen-bond donors (Lipinski definition) is 1. The monoisotopic (exact) mass is 265 g/mol. The summed E-state index contributed by atoms with van der Waals surface area (Å²) in [7, 11) is 0. The highest BCUT2D eigenvalue weighted by Crippen LogP contribution is 2.31. The number of nitrogens with one attached hydrogen (secondary N) is 1. The molecule has 0 aliphatic carbocycles. The molecule has 2 nitrogen and oxygen atoms in total. The Labute approximate surface area is 103 Å². The molecule has 0 aliphatic heterocycles. The van der Waals surface area contributed by atoms with E-state index in [2.05, 4.69) is 5.32 Å². The fraction of sp³-hybridized carbons (Fsp3) is 0.500. The van der Waals surface area contributed by atoms with Crippen molar-refractivity contribution in [3.63, 3.8) is 0 Å². The largest absolute Gasteiger partial charge is 0.416 e. The summed E-state index contributed by atoms with van der Waals surface area (Å²) in [6, 6.07) is 2.40. The first-order valence-corrected chi connectivity index (χ1v) is 5.56. The Kier molecular flexibility index (Phi) is 4.95. The molecule has 1 aromatic rings. The molecule has 1 rings (SSSR count). The Hall–Kier alpha value is -1.30. The second-order valence-electron chi connectivity index (χ2n) is 3.84. The van der Waals surface area contributed by atoms with E-state index in [-0.39, 0.29) is 11.8 Å². The normalized spacial score (nSPS) is 13.4. The fourth-order valence-corrected chi connectivity index (χ4v) is 1.43. The maximum Gasteiger partial charge on any atom is 0.416 e. The molecular weight excluding hydrogens is 250 g/mol. The van der Waals surface area contributed by atoms with Crippen molar-refractivity contribution in [1.82, 2.24) is 0 Å². The van der Waals surface area contributed by atoms with E-state index >= 15 is 0 Å². The average Bonchev–Trinajstić information content (AvgIpc) is 2.26. The number of hydrogen-bond acceptors (Lipinski definition) is 2. The Morgan fingerprint density at radius 3 is 2.50 bits per heavy atom. The summed E-state index contributed by atoms with van der Waals surface area (Å²) in [6.45, 7) is 4.47. The molecule has 0 amide bonds. The zero-order valence-corrected chi connectivity index (χ0v) is 10.1. The molecule has 0 aliphatic rings. The first kappa shape index (κ1) is 14.8. The molecule has 1 atom stereocenters. The predicted molar refractivity (Wildman–Crippen MR) is 61.0 cm³/mol. The second-order valence-corrected chi connectivity index (χ2v) is 3.84. The van der Waals surface area contributed by atoms with Gasteiger partial charge in [0.05, 0.1) is 17.4 Å². The number of ether oxygens (including phenoxy) is 1. The molecule has 0 saturated heterocycles. The van der Waals surface area contributed by atoms with Crippen LogP contribution in [0.3, 0.4) is 0 Å². The molecule has 0 aromatic heterocycles. The lowest BCUT2D eigenvalue weighted by atomic mass is 10.2. The van der Waals surface area contributed by atoms with Crippen LogP contribution >= 0.6 is 0 Å². The highest BCUT2D eigenvalue weighted by Gasteiger charge is 2.31. The van der Waals surface area contributed by atoms with Gasteiger partial charge in [0, 0.05) is 13.2 Å². The molecule has 1 unspecified atom stereocenters. The van der Waals surface area contributed by atoms with E-state index in [1.54, 1.807) is 6.92 Å². The van der Waals surface area contributed by atoms with E-state index in [1.807, 2.05) is 6.92 Å². The van der Waals surface area contributed by atoms with Crippen molar-refractivity contribution in [2.75, 3.05) is 18.5 Å². The van der Waals surface area contributed by atoms with Gasteiger partial charge in [-0.1, -0.05) is 0 Å². The van der Waals surface area contributed by atoms with E-state index in [1.165, 1.54) is 0 Å². The van der Waals surface area contributed by atoms with E-state index in [9.17, 15) is 17.6 Å². The van der Waals surface area contributed by atoms with E-state index < -0.39 is 17.6 Å². The standard InChI is InChI=1S/C12H15F4NO/c1-3-18-8(2)7-17-11-5-4-9(6-10(11)13)12(14,15)16/h4-6,8,17H,3,7H2,1-2H3. The van der Waals surface area contributed by atoms with Crippen LogP contribution in [0.1, 0.15) is 19.4 Å². The number of alkyl halides is 3. The third kappa shape index (κ3) is 4.18. The van der Waals surface area contributed by atoms with Gasteiger partial charge in [0.25, 0.3) is 0 Å². The Morgan fingerprint density at radius 2 is 2.00 bits per heavy atom. The molecule has 0 spiro atoms. The summed E-state index contributed by atoms with van der Waals surface area (Å²) in [6.07, 6.45) is -4.67. The molecule has 0 radical (unpaired) electrons. The number of anilines is 1. The number of halogens is 4. The van der Waals surface area contributed by atoms with Crippen molar-refractivity contribution >= 4 is 5.69 Å². The maximum absolute atomic E-state index is 13.4. The average molecular weight is 265 g/mol. The number of benzene rings is 1. The maximum atomic E-state index is 13.4. The van der Waals surface area contributed by atoms with E-state index in [0.29, 0.717) is 19.2 Å². The quantitative estimate of drug-likeness (QED) is 0.820. The van der Waals surface area contributed by atoms with Crippen molar-refractivity contribution in [3.05, 3.63) is 29.6 Å². The van der Waals surface area contributed by atoms with E-state index in [4.69, 9.17) is 4.74 Å². The summed E-state index contributed by atoms with van der Waals surface area (Å²) >= 11 is 0. The van der Waals surface area contributed by atoms with Crippen molar-refractivity contribution in [2.24, 2.45) is 0 Å². The number of rotatable bonds is 5. The van der Waals surface area contributed by atoms with Crippen LogP contribution in [0, 0.1) is 5.82 Å². The van der Waals surface area contributed by atoms with Gasteiger partial charge in [-0.05, 0) is 32.0 Å². The Morgan fingerprint density at radius 1 is 1.33 bits per heavy atom. The van der Waals surface area contributed by atoms with Crippen LogP contribution in [0.25, 0.3) is 0 Å². The summed E-state index contributed by atoms with van der Waals surface area (Å²) in [5.74, 6) is -0.923. The first-order valence-electron chi connectivity index (χ1n) is 5.56. The van der Waals surface area contributed by atoms with Gasteiger partial charge in [-0.3, -0.25) is 0 Å². The lowest BCUT2D eigenvalue weighted by Crippen LogP contribution is -2.20. The smallest absolute Gasteiger partial charge is 0.380 e. The first-order chi connectivity index (χ1) is 8.34. The Balaban J connectivity index is 2.69. The van der Waals surface area contributed by atoms with Crippen molar-refractivity contribution in [1.29, 1.82) is 0 Å². The minimum Gasteiger partial charge on any atom is -0.380 e. The lowest BCUT2D eigenvalue weighted by molar-refractivity contribution is -0.137. The minimum absolute atomic E-state index is 0.0366. The van der Waals surface area contributed by atoms with Crippen LogP contribution in [0.5, 0.6) is 0 Å². The van der Waals surface area contributed by atoms with Gasteiger partial charge in [-0.2, -0.15) is 13.2 Å². The molecular formula is C12H15F4NO. The van der Waals surface area contributed by atoms with Gasteiger partial charge in [0.15, 0.2) is 0 Å². The molecule has 1 aromatic carbocycles. The van der Waals surface area contributed by atoms with Crippen LogP contribution < -0.4 is 5.32 Å². The highest BCUT2D eigenvalue weighted by atomic mass is 19.4. The molecule has 102 valence electrons. The molecule has 6 heteroatoms. The van der Waals surface area contributed by atoms with Gasteiger partial charge in [-0.25, -0.2) is 4.39 Å². The SMILES string of the molecule is CCOC(C)CNc1ccc(C(F)(F)F)cc1F. The van der Waals surface area contributed by atoms with Crippen LogP contribution in [-0.2, 0) is 10.9 Å². The van der Waals surface area contributed by atoms with Crippen molar-refractivity contribution in [2.45, 2.75) is 26.1 Å². The third-order valence-electron chi connectivity index (χ3n) is 2.33. The molecule has 0 fully saturated rings. The summed E-state index contributed by atoms with van der Waals surface area (Å²) in [5, 5.41) is 2.71.